The average Bonchev–Trinajstić information content (AvgIpc) is 2.66. The van der Waals surface area contributed by atoms with Crippen LogP contribution >= 0.6 is 0 Å². The van der Waals surface area contributed by atoms with Crippen molar-refractivity contribution in [2.24, 2.45) is 0 Å². The molecule has 0 saturated carbocycles. The number of carboxylic acids is 1. The molecule has 1 N–H and O–H groups in total. The SMILES string of the molecule is C[N+]1=C(CCCCCC(=O)O)C(C)(C)c2cc(S(=O)(=O)[O-])ccc21. The lowest BCUT2D eigenvalue weighted by Gasteiger charge is -2.18. The summed E-state index contributed by atoms with van der Waals surface area (Å²) in [5.74, 6) is -0.778. The Morgan fingerprint density at radius 2 is 1.92 bits per heavy atom. The van der Waals surface area contributed by atoms with E-state index in [1.54, 1.807) is 6.07 Å². The van der Waals surface area contributed by atoms with Crippen LogP contribution in [0.3, 0.4) is 0 Å². The van der Waals surface area contributed by atoms with Crippen LogP contribution in [0.2, 0.25) is 0 Å². The van der Waals surface area contributed by atoms with Gasteiger partial charge in [-0.15, -0.1) is 0 Å². The molecule has 0 amide bonds. The third kappa shape index (κ3) is 3.67. The molecule has 0 saturated heterocycles. The number of rotatable bonds is 7. The van der Waals surface area contributed by atoms with E-state index in [1.165, 1.54) is 12.1 Å². The second-order valence-corrected chi connectivity index (χ2v) is 8.10. The first kappa shape index (κ1) is 18.6. The van der Waals surface area contributed by atoms with Gasteiger partial charge in [0.25, 0.3) is 0 Å². The fraction of sp³-hybridized carbons (Fsp3) is 0.529. The molecule has 0 radical (unpaired) electrons. The molecular weight excluding hydrogens is 330 g/mol. The van der Waals surface area contributed by atoms with Crippen LogP contribution in [0.15, 0.2) is 23.1 Å². The van der Waals surface area contributed by atoms with Crippen molar-refractivity contribution in [2.75, 3.05) is 7.05 Å². The zero-order valence-electron chi connectivity index (χ0n) is 14.2. The molecule has 2 rings (SSSR count). The Labute approximate surface area is 142 Å². The number of benzene rings is 1. The standard InChI is InChI=1S/C17H23NO5S/c1-17(2)13-11-12(24(21,22)23)9-10-14(13)18(3)15(17)7-5-4-6-8-16(19)20/h9-11H,4-8H2,1-3H3,(H-,19,20,21,22,23). The second-order valence-electron chi connectivity index (χ2n) is 6.72. The minimum absolute atomic E-state index is 0.180. The van der Waals surface area contributed by atoms with Crippen molar-refractivity contribution in [1.29, 1.82) is 0 Å². The Bertz CT molecular complexity index is 793. The molecule has 1 aromatic rings. The molecule has 132 valence electrons. The average molecular weight is 353 g/mol. The summed E-state index contributed by atoms with van der Waals surface area (Å²) in [4.78, 5) is 10.3. The van der Waals surface area contributed by atoms with E-state index in [2.05, 4.69) is 0 Å². The van der Waals surface area contributed by atoms with Gasteiger partial charge in [-0.05, 0) is 38.8 Å². The lowest BCUT2D eigenvalue weighted by atomic mass is 9.80. The van der Waals surface area contributed by atoms with Crippen molar-refractivity contribution >= 4 is 27.5 Å². The van der Waals surface area contributed by atoms with Crippen molar-refractivity contribution in [3.63, 3.8) is 0 Å². The van der Waals surface area contributed by atoms with Gasteiger partial charge in [0, 0.05) is 24.5 Å². The zero-order valence-corrected chi connectivity index (χ0v) is 15.0. The number of fused-ring (bicyclic) bond motifs is 1. The Hall–Kier alpha value is -1.73. The fourth-order valence-corrected chi connectivity index (χ4v) is 3.91. The molecule has 7 heteroatoms. The van der Waals surface area contributed by atoms with Gasteiger partial charge in [0.15, 0.2) is 5.71 Å². The Kier molecular flexibility index (Phi) is 5.15. The zero-order chi connectivity index (χ0) is 18.1. The van der Waals surface area contributed by atoms with Gasteiger partial charge >= 0.3 is 5.97 Å². The number of carbonyl (C=O) groups is 1. The van der Waals surface area contributed by atoms with E-state index in [1.807, 2.05) is 25.5 Å². The van der Waals surface area contributed by atoms with Gasteiger partial charge in [-0.1, -0.05) is 6.42 Å². The molecule has 1 aliphatic heterocycles. The van der Waals surface area contributed by atoms with Crippen molar-refractivity contribution in [3.05, 3.63) is 23.8 Å². The molecule has 0 aliphatic carbocycles. The Balaban J connectivity index is 2.19. The van der Waals surface area contributed by atoms with Gasteiger partial charge in [0.05, 0.1) is 10.3 Å². The number of unbranched alkanes of at least 4 members (excludes halogenated alkanes) is 2. The summed E-state index contributed by atoms with van der Waals surface area (Å²) in [7, 11) is -2.54. The molecule has 6 nitrogen and oxygen atoms in total. The number of aliphatic carboxylic acids is 1. The van der Waals surface area contributed by atoms with Crippen LogP contribution in [0.25, 0.3) is 0 Å². The van der Waals surface area contributed by atoms with E-state index < -0.39 is 16.1 Å². The van der Waals surface area contributed by atoms with Gasteiger partial charge in [0.2, 0.25) is 5.69 Å². The molecular formula is C17H23NO5S. The summed E-state index contributed by atoms with van der Waals surface area (Å²) in [5.41, 5.74) is 2.53. The minimum Gasteiger partial charge on any atom is -0.744 e. The number of hydrogen-bond acceptors (Lipinski definition) is 4. The van der Waals surface area contributed by atoms with E-state index in [0.29, 0.717) is 6.42 Å². The highest BCUT2D eigenvalue weighted by molar-refractivity contribution is 7.85. The lowest BCUT2D eigenvalue weighted by molar-refractivity contribution is -0.404. The molecule has 0 spiro atoms. The predicted molar refractivity (Wildman–Crippen MR) is 89.0 cm³/mol. The number of hydrogen-bond donors (Lipinski definition) is 1. The predicted octanol–water partition coefficient (Wildman–Crippen LogP) is 2.63. The van der Waals surface area contributed by atoms with E-state index >= 15 is 0 Å². The third-order valence-corrected chi connectivity index (χ3v) is 5.55. The van der Waals surface area contributed by atoms with Crippen molar-refractivity contribution in [1.82, 2.24) is 0 Å². The number of nitrogens with zero attached hydrogens (tertiary/aromatic N) is 1. The molecule has 0 bridgehead atoms. The summed E-state index contributed by atoms with van der Waals surface area (Å²) in [6.45, 7) is 4.03. The number of carboxylic acid groups (broad SMARTS) is 1. The summed E-state index contributed by atoms with van der Waals surface area (Å²) >= 11 is 0. The molecule has 24 heavy (non-hydrogen) atoms. The van der Waals surface area contributed by atoms with Crippen molar-refractivity contribution < 1.29 is 27.4 Å². The van der Waals surface area contributed by atoms with Crippen LogP contribution < -0.4 is 0 Å². The van der Waals surface area contributed by atoms with Gasteiger partial charge in [-0.25, -0.2) is 13.0 Å². The van der Waals surface area contributed by atoms with E-state index in [9.17, 15) is 17.8 Å². The molecule has 1 aliphatic rings. The third-order valence-electron chi connectivity index (χ3n) is 4.72. The van der Waals surface area contributed by atoms with Gasteiger partial charge in [-0.2, -0.15) is 0 Å². The molecule has 0 unspecified atom stereocenters. The first-order valence-electron chi connectivity index (χ1n) is 7.97. The maximum absolute atomic E-state index is 11.3. The highest BCUT2D eigenvalue weighted by Gasteiger charge is 2.43. The van der Waals surface area contributed by atoms with Crippen LogP contribution in [-0.4, -0.2) is 41.4 Å². The van der Waals surface area contributed by atoms with Crippen LogP contribution in [0, 0.1) is 0 Å². The summed E-state index contributed by atoms with van der Waals surface area (Å²) in [5, 5.41) is 8.67. The van der Waals surface area contributed by atoms with Crippen LogP contribution in [0.4, 0.5) is 5.69 Å². The quantitative estimate of drug-likeness (QED) is 0.462. The van der Waals surface area contributed by atoms with Gasteiger partial charge in [0.1, 0.15) is 17.2 Å². The summed E-state index contributed by atoms with van der Waals surface area (Å²) in [6.07, 6.45) is 3.34. The van der Waals surface area contributed by atoms with Crippen molar-refractivity contribution in [3.8, 4) is 0 Å². The lowest BCUT2D eigenvalue weighted by Crippen LogP contribution is -2.28. The van der Waals surface area contributed by atoms with Crippen LogP contribution in [-0.2, 0) is 20.3 Å². The first-order chi connectivity index (χ1) is 11.0. The highest BCUT2D eigenvalue weighted by Crippen LogP contribution is 2.41. The van der Waals surface area contributed by atoms with Gasteiger partial charge in [-0.3, -0.25) is 4.79 Å². The smallest absolute Gasteiger partial charge is 0.303 e. The molecule has 0 aromatic heterocycles. The van der Waals surface area contributed by atoms with Crippen LogP contribution in [0.1, 0.15) is 51.5 Å². The van der Waals surface area contributed by atoms with E-state index in [4.69, 9.17) is 5.11 Å². The van der Waals surface area contributed by atoms with Crippen LogP contribution in [0.5, 0.6) is 0 Å². The van der Waals surface area contributed by atoms with Gasteiger partial charge < -0.3 is 9.66 Å². The van der Waals surface area contributed by atoms with E-state index in [-0.39, 0.29) is 16.7 Å². The normalized spacial score (nSPS) is 16.3. The second kappa shape index (κ2) is 6.64. The largest absolute Gasteiger partial charge is 0.744 e. The molecule has 0 atom stereocenters. The Morgan fingerprint density at radius 3 is 2.50 bits per heavy atom. The molecule has 1 heterocycles. The Morgan fingerprint density at radius 1 is 1.25 bits per heavy atom. The minimum atomic E-state index is -4.48. The molecule has 0 fully saturated rings. The fourth-order valence-electron chi connectivity index (χ4n) is 3.41. The molecule has 1 aromatic carbocycles. The maximum Gasteiger partial charge on any atom is 0.303 e. The summed E-state index contributed by atoms with van der Waals surface area (Å²) in [6, 6.07) is 4.51. The maximum atomic E-state index is 11.3. The van der Waals surface area contributed by atoms with E-state index in [0.717, 1.165) is 36.2 Å². The highest BCUT2D eigenvalue weighted by atomic mass is 32.2. The monoisotopic (exact) mass is 353 g/mol. The topological polar surface area (TPSA) is 97.5 Å². The first-order valence-corrected chi connectivity index (χ1v) is 9.38. The summed E-state index contributed by atoms with van der Waals surface area (Å²) < 4.78 is 35.9. The van der Waals surface area contributed by atoms with Crippen molar-refractivity contribution in [2.45, 2.75) is 56.3 Å².